The molecule has 1 aliphatic rings. The molecule has 0 saturated carbocycles. The highest BCUT2D eigenvalue weighted by Gasteiger charge is 2.35. The molecule has 0 saturated heterocycles. The minimum atomic E-state index is -1.10. The second-order valence-corrected chi connectivity index (χ2v) is 9.55. The largest absolute Gasteiger partial charge is 0.480 e. The third-order valence-electron chi connectivity index (χ3n) is 5.89. The van der Waals surface area contributed by atoms with Crippen LogP contribution in [-0.2, 0) is 32.1 Å². The van der Waals surface area contributed by atoms with E-state index in [9.17, 15) is 19.5 Å². The van der Waals surface area contributed by atoms with E-state index in [1.807, 2.05) is 72.8 Å². The van der Waals surface area contributed by atoms with E-state index in [2.05, 4.69) is 5.32 Å². The molecule has 3 aromatic carbocycles. The van der Waals surface area contributed by atoms with Crippen molar-refractivity contribution in [3.05, 3.63) is 96.1 Å². The zero-order valence-electron chi connectivity index (χ0n) is 20.1. The number of para-hydroxylation sites is 1. The molecule has 1 aliphatic heterocycles. The lowest BCUT2D eigenvalue weighted by atomic mass is 10.0. The number of benzene rings is 3. The Hall–Kier alpha value is -3.33. The van der Waals surface area contributed by atoms with E-state index in [-0.39, 0.29) is 24.9 Å². The fourth-order valence-electron chi connectivity index (χ4n) is 4.07. The number of aryl methyl sites for hydroxylation is 1. The summed E-state index contributed by atoms with van der Waals surface area (Å²) >= 11 is 1.46. The van der Waals surface area contributed by atoms with E-state index in [4.69, 9.17) is 4.74 Å². The summed E-state index contributed by atoms with van der Waals surface area (Å²) in [5.41, 5.74) is 2.50. The second kappa shape index (κ2) is 13.8. The van der Waals surface area contributed by atoms with Crippen LogP contribution in [0.5, 0.6) is 0 Å². The average molecular weight is 541 g/mol. The van der Waals surface area contributed by atoms with E-state index >= 15 is 0 Å². The van der Waals surface area contributed by atoms with Crippen LogP contribution in [0, 0.1) is 0 Å². The number of nitrogens with zero attached hydrogens (tertiary/aromatic N) is 1. The molecule has 2 atom stereocenters. The standard InChI is InChI=1S/C28H28N2O5S.ClH/c31-26(32)17-30-24-13-7-8-14-25(24)36-19-23(27(30)33)29-22(16-15-20-9-3-1-4-10-20)28(34)35-18-21-11-5-2-6-12-21;/h1-14,22-23,29H,15-19H2,(H,31,32);1H/t22-,23?;/m1./s1. The summed E-state index contributed by atoms with van der Waals surface area (Å²) < 4.78 is 5.61. The normalized spacial score (nSPS) is 15.6. The second-order valence-electron chi connectivity index (χ2n) is 8.49. The van der Waals surface area contributed by atoms with Crippen molar-refractivity contribution in [1.82, 2.24) is 5.32 Å². The Morgan fingerprint density at radius 3 is 2.27 bits per heavy atom. The molecule has 1 amide bonds. The Morgan fingerprint density at radius 2 is 1.59 bits per heavy atom. The van der Waals surface area contributed by atoms with Gasteiger partial charge in [0, 0.05) is 10.6 Å². The summed E-state index contributed by atoms with van der Waals surface area (Å²) in [4.78, 5) is 40.3. The topological polar surface area (TPSA) is 95.9 Å². The highest BCUT2D eigenvalue weighted by Crippen LogP contribution is 2.34. The van der Waals surface area contributed by atoms with Crippen molar-refractivity contribution < 1.29 is 24.2 Å². The minimum Gasteiger partial charge on any atom is -0.480 e. The fourth-order valence-corrected chi connectivity index (χ4v) is 5.15. The number of rotatable bonds is 10. The van der Waals surface area contributed by atoms with Gasteiger partial charge >= 0.3 is 11.9 Å². The van der Waals surface area contributed by atoms with Gasteiger partial charge in [0.05, 0.1) is 11.7 Å². The van der Waals surface area contributed by atoms with Gasteiger partial charge in [-0.3, -0.25) is 24.6 Å². The number of thioether (sulfide) groups is 1. The Bertz CT molecular complexity index is 1200. The predicted molar refractivity (Wildman–Crippen MR) is 146 cm³/mol. The predicted octanol–water partition coefficient (Wildman–Crippen LogP) is 4.33. The molecule has 2 N–H and O–H groups in total. The van der Waals surface area contributed by atoms with Crippen molar-refractivity contribution in [2.24, 2.45) is 0 Å². The van der Waals surface area contributed by atoms with Crippen molar-refractivity contribution in [2.45, 2.75) is 36.4 Å². The molecule has 0 fully saturated rings. The maximum Gasteiger partial charge on any atom is 0.323 e. The number of ether oxygens (including phenoxy) is 1. The van der Waals surface area contributed by atoms with Gasteiger partial charge in [-0.2, -0.15) is 0 Å². The van der Waals surface area contributed by atoms with Crippen molar-refractivity contribution in [3.63, 3.8) is 0 Å². The summed E-state index contributed by atoms with van der Waals surface area (Å²) in [5.74, 6) is -1.57. The minimum absolute atomic E-state index is 0. The Kier molecular flexibility index (Phi) is 10.6. The monoisotopic (exact) mass is 540 g/mol. The van der Waals surface area contributed by atoms with Crippen molar-refractivity contribution >= 4 is 47.7 Å². The molecular formula is C28H29ClN2O5S. The quantitative estimate of drug-likeness (QED) is 0.369. The molecular weight excluding hydrogens is 512 g/mol. The van der Waals surface area contributed by atoms with Gasteiger partial charge in [0.25, 0.3) is 0 Å². The summed E-state index contributed by atoms with van der Waals surface area (Å²) in [5, 5.41) is 12.7. The molecule has 0 aliphatic carbocycles. The lowest BCUT2D eigenvalue weighted by Gasteiger charge is -2.27. The maximum atomic E-state index is 13.5. The van der Waals surface area contributed by atoms with Crippen molar-refractivity contribution in [2.75, 3.05) is 17.2 Å². The number of carbonyl (C=O) groups excluding carboxylic acids is 2. The van der Waals surface area contributed by atoms with E-state index in [1.165, 1.54) is 16.7 Å². The number of carbonyl (C=O) groups is 3. The number of amides is 1. The van der Waals surface area contributed by atoms with Gasteiger partial charge in [0.2, 0.25) is 5.91 Å². The lowest BCUT2D eigenvalue weighted by Crippen LogP contribution is -2.54. The first-order valence-corrected chi connectivity index (χ1v) is 12.8. The SMILES string of the molecule is Cl.O=C(O)CN1C(=O)C(N[C@H](CCc2ccccc2)C(=O)OCc2ccccc2)CSc2ccccc21. The van der Waals surface area contributed by atoms with Gasteiger partial charge in [0.15, 0.2) is 0 Å². The third-order valence-corrected chi connectivity index (χ3v) is 7.05. The third kappa shape index (κ3) is 7.82. The highest BCUT2D eigenvalue weighted by molar-refractivity contribution is 7.99. The first-order valence-electron chi connectivity index (χ1n) is 11.8. The molecule has 3 aromatic rings. The molecule has 0 bridgehead atoms. The van der Waals surface area contributed by atoms with Gasteiger partial charge in [-0.05, 0) is 36.1 Å². The van der Waals surface area contributed by atoms with Crippen LogP contribution in [0.4, 0.5) is 5.69 Å². The number of halogens is 1. The van der Waals surface area contributed by atoms with E-state index in [0.29, 0.717) is 24.3 Å². The van der Waals surface area contributed by atoms with Crippen LogP contribution in [-0.4, -0.2) is 47.3 Å². The molecule has 1 heterocycles. The Labute approximate surface area is 226 Å². The van der Waals surface area contributed by atoms with E-state index in [0.717, 1.165) is 16.0 Å². The van der Waals surface area contributed by atoms with Crippen LogP contribution in [0.1, 0.15) is 17.5 Å². The van der Waals surface area contributed by atoms with Crippen LogP contribution in [0.3, 0.4) is 0 Å². The average Bonchev–Trinajstić information content (AvgIpc) is 3.02. The molecule has 194 valence electrons. The number of hydrogen-bond donors (Lipinski definition) is 2. The molecule has 0 aromatic heterocycles. The number of nitrogens with one attached hydrogen (secondary N) is 1. The maximum absolute atomic E-state index is 13.5. The first kappa shape index (κ1) is 28.2. The van der Waals surface area contributed by atoms with Gasteiger partial charge in [0.1, 0.15) is 19.2 Å². The van der Waals surface area contributed by atoms with E-state index in [1.54, 1.807) is 12.1 Å². The number of anilines is 1. The molecule has 0 spiro atoms. The van der Waals surface area contributed by atoms with E-state index < -0.39 is 30.6 Å². The number of fused-ring (bicyclic) bond motifs is 1. The molecule has 7 nitrogen and oxygen atoms in total. The van der Waals surface area contributed by atoms with Gasteiger partial charge in [-0.15, -0.1) is 24.2 Å². The Balaban J connectivity index is 0.00000380. The van der Waals surface area contributed by atoms with Crippen molar-refractivity contribution in [1.29, 1.82) is 0 Å². The molecule has 37 heavy (non-hydrogen) atoms. The lowest BCUT2D eigenvalue weighted by molar-refractivity contribution is -0.148. The molecule has 9 heteroatoms. The van der Waals surface area contributed by atoms with Crippen LogP contribution >= 0.6 is 24.2 Å². The number of esters is 1. The van der Waals surface area contributed by atoms with Crippen LogP contribution in [0.15, 0.2) is 89.8 Å². The molecule has 1 unspecified atom stereocenters. The van der Waals surface area contributed by atoms with Crippen LogP contribution in [0.2, 0.25) is 0 Å². The number of hydrogen-bond acceptors (Lipinski definition) is 6. The number of carboxylic acid groups (broad SMARTS) is 1. The zero-order valence-corrected chi connectivity index (χ0v) is 21.8. The number of aliphatic carboxylic acids is 1. The smallest absolute Gasteiger partial charge is 0.323 e. The van der Waals surface area contributed by atoms with Gasteiger partial charge in [-0.1, -0.05) is 72.8 Å². The van der Waals surface area contributed by atoms with Crippen molar-refractivity contribution in [3.8, 4) is 0 Å². The number of carboxylic acids is 1. The summed E-state index contributed by atoms with van der Waals surface area (Å²) in [6.45, 7) is -0.325. The summed E-state index contributed by atoms with van der Waals surface area (Å²) in [6, 6.07) is 25.0. The molecule has 4 rings (SSSR count). The van der Waals surface area contributed by atoms with Crippen LogP contribution in [0.25, 0.3) is 0 Å². The summed E-state index contributed by atoms with van der Waals surface area (Å²) in [7, 11) is 0. The fraction of sp³-hybridized carbons (Fsp3) is 0.250. The molecule has 0 radical (unpaired) electrons. The van der Waals surface area contributed by atoms with Gasteiger partial charge < -0.3 is 9.84 Å². The van der Waals surface area contributed by atoms with Gasteiger partial charge in [-0.25, -0.2) is 0 Å². The van der Waals surface area contributed by atoms with Crippen LogP contribution < -0.4 is 10.2 Å². The highest BCUT2D eigenvalue weighted by atomic mass is 35.5. The Morgan fingerprint density at radius 1 is 0.973 bits per heavy atom. The first-order chi connectivity index (χ1) is 17.5. The zero-order chi connectivity index (χ0) is 25.3. The summed E-state index contributed by atoms with van der Waals surface area (Å²) in [6.07, 6.45) is 1.05.